The summed E-state index contributed by atoms with van der Waals surface area (Å²) in [5.41, 5.74) is 2.40. The number of hydrogen-bond acceptors (Lipinski definition) is 5. The Morgan fingerprint density at radius 2 is 1.79 bits per heavy atom. The van der Waals surface area contributed by atoms with E-state index in [0.717, 1.165) is 11.3 Å². The number of aromatic nitrogens is 2. The van der Waals surface area contributed by atoms with Crippen LogP contribution in [0.4, 0.5) is 5.69 Å². The van der Waals surface area contributed by atoms with Crippen molar-refractivity contribution < 1.29 is 14.3 Å². The number of ether oxygens (including phenoxy) is 2. The lowest BCUT2D eigenvalue weighted by Crippen LogP contribution is -2.22. The molecule has 0 saturated heterocycles. The summed E-state index contributed by atoms with van der Waals surface area (Å²) in [6.07, 6.45) is 3.46. The lowest BCUT2D eigenvalue weighted by Gasteiger charge is -2.23. The molecule has 1 unspecified atom stereocenters. The number of esters is 1. The lowest BCUT2D eigenvalue weighted by atomic mass is 10.00. The highest BCUT2D eigenvalue weighted by molar-refractivity contribution is 6.30. The van der Waals surface area contributed by atoms with Gasteiger partial charge in [0.25, 0.3) is 5.56 Å². The van der Waals surface area contributed by atoms with Crippen molar-refractivity contribution in [1.82, 2.24) is 9.13 Å². The van der Waals surface area contributed by atoms with Gasteiger partial charge in [-0.25, -0.2) is 4.79 Å². The first kappa shape index (κ1) is 20.5. The Morgan fingerprint density at radius 3 is 2.38 bits per heavy atom. The zero-order valence-corrected chi connectivity index (χ0v) is 17.4. The first-order chi connectivity index (χ1) is 13.8. The molecule has 0 saturated carbocycles. The van der Waals surface area contributed by atoms with Crippen molar-refractivity contribution in [2.24, 2.45) is 14.1 Å². The number of benzene rings is 1. The van der Waals surface area contributed by atoms with Gasteiger partial charge in [-0.05, 0) is 29.8 Å². The van der Waals surface area contributed by atoms with Crippen molar-refractivity contribution in [3.63, 3.8) is 0 Å². The third-order valence-electron chi connectivity index (χ3n) is 4.70. The van der Waals surface area contributed by atoms with E-state index in [1.165, 1.54) is 11.7 Å². The Bertz CT molecular complexity index is 1060. The van der Waals surface area contributed by atoms with E-state index in [-0.39, 0.29) is 10.6 Å². The fourth-order valence-electron chi connectivity index (χ4n) is 3.21. The van der Waals surface area contributed by atoms with Crippen LogP contribution in [0.2, 0.25) is 5.02 Å². The van der Waals surface area contributed by atoms with Crippen LogP contribution in [-0.4, -0.2) is 29.3 Å². The molecule has 0 radical (unpaired) electrons. The maximum Gasteiger partial charge on any atom is 0.339 e. The summed E-state index contributed by atoms with van der Waals surface area (Å²) in [4.78, 5) is 24.3. The second kappa shape index (κ2) is 8.45. The molecular formula is C21H22ClN3O4. The van der Waals surface area contributed by atoms with Crippen molar-refractivity contribution >= 4 is 23.3 Å². The number of rotatable bonds is 6. The van der Waals surface area contributed by atoms with Crippen LogP contribution in [-0.2, 0) is 18.8 Å². The van der Waals surface area contributed by atoms with Crippen molar-refractivity contribution in [1.29, 1.82) is 0 Å². The molecule has 0 spiro atoms. The number of nitrogens with one attached hydrogen (secondary N) is 1. The second-order valence-corrected chi connectivity index (χ2v) is 6.97. The smallest absolute Gasteiger partial charge is 0.339 e. The number of carbonyl (C=O) groups is 1. The minimum atomic E-state index is -0.431. The van der Waals surface area contributed by atoms with Gasteiger partial charge in [-0.1, -0.05) is 23.7 Å². The third kappa shape index (κ3) is 4.14. The van der Waals surface area contributed by atoms with Gasteiger partial charge in [0.05, 0.1) is 37.2 Å². The van der Waals surface area contributed by atoms with Crippen LogP contribution < -0.4 is 15.6 Å². The lowest BCUT2D eigenvalue weighted by molar-refractivity contribution is 0.0599. The number of carbonyl (C=O) groups excluding carboxylic acids is 1. The standard InChI is InChI=1S/C21H22ClN3O4/c1-24-10-9-16(21(27)29-4)19(24)18(13-5-7-15(28-3)8-6-13)23-14-11-17(22)20(26)25(2)12-14/h5-12,18,23H,1-4H3. The molecule has 1 N–H and O–H groups in total. The van der Waals surface area contributed by atoms with Gasteiger partial charge in [0.2, 0.25) is 0 Å². The normalized spacial score (nSPS) is 11.8. The molecule has 29 heavy (non-hydrogen) atoms. The number of hydrogen-bond donors (Lipinski definition) is 1. The van der Waals surface area contributed by atoms with Gasteiger partial charge in [0.1, 0.15) is 10.8 Å². The minimum Gasteiger partial charge on any atom is -0.497 e. The molecule has 1 aromatic carbocycles. The summed E-state index contributed by atoms with van der Waals surface area (Å²) in [6, 6.07) is 10.4. The summed E-state index contributed by atoms with van der Waals surface area (Å²) in [5.74, 6) is 0.289. The highest BCUT2D eigenvalue weighted by Gasteiger charge is 2.25. The van der Waals surface area contributed by atoms with E-state index in [1.54, 1.807) is 38.7 Å². The van der Waals surface area contributed by atoms with Gasteiger partial charge < -0.3 is 23.9 Å². The topological polar surface area (TPSA) is 74.5 Å². The Hall–Kier alpha value is -3.19. The van der Waals surface area contributed by atoms with Crippen LogP contribution in [0.5, 0.6) is 5.75 Å². The average Bonchev–Trinajstić information content (AvgIpc) is 3.10. The van der Waals surface area contributed by atoms with Gasteiger partial charge in [0.15, 0.2) is 0 Å². The van der Waals surface area contributed by atoms with Crippen molar-refractivity contribution in [3.05, 3.63) is 81.0 Å². The molecule has 0 aliphatic heterocycles. The molecule has 2 aromatic heterocycles. The van der Waals surface area contributed by atoms with Crippen molar-refractivity contribution in [3.8, 4) is 5.75 Å². The van der Waals surface area contributed by atoms with Crippen LogP contribution in [0.15, 0.2) is 53.6 Å². The van der Waals surface area contributed by atoms with Gasteiger partial charge >= 0.3 is 5.97 Å². The van der Waals surface area contributed by atoms with Gasteiger partial charge in [-0.2, -0.15) is 0 Å². The van der Waals surface area contributed by atoms with E-state index in [9.17, 15) is 9.59 Å². The monoisotopic (exact) mass is 415 g/mol. The number of methoxy groups -OCH3 is 2. The highest BCUT2D eigenvalue weighted by atomic mass is 35.5. The maximum absolute atomic E-state index is 12.3. The molecular weight excluding hydrogens is 394 g/mol. The number of anilines is 1. The summed E-state index contributed by atoms with van der Waals surface area (Å²) in [5, 5.41) is 3.49. The van der Waals surface area contributed by atoms with E-state index >= 15 is 0 Å². The summed E-state index contributed by atoms with van der Waals surface area (Å²) in [7, 11) is 6.43. The average molecular weight is 416 g/mol. The fraction of sp³-hybridized carbons (Fsp3) is 0.238. The molecule has 0 bridgehead atoms. The number of halogens is 1. The molecule has 152 valence electrons. The van der Waals surface area contributed by atoms with Crippen LogP contribution in [0, 0.1) is 0 Å². The van der Waals surface area contributed by atoms with E-state index < -0.39 is 12.0 Å². The summed E-state index contributed by atoms with van der Waals surface area (Å²) in [6.45, 7) is 0. The second-order valence-electron chi connectivity index (χ2n) is 6.56. The summed E-state index contributed by atoms with van der Waals surface area (Å²) >= 11 is 6.08. The van der Waals surface area contributed by atoms with E-state index in [2.05, 4.69) is 5.32 Å². The molecule has 3 aromatic rings. The molecule has 2 heterocycles. The van der Waals surface area contributed by atoms with Crippen LogP contribution in [0.1, 0.15) is 27.7 Å². The zero-order valence-electron chi connectivity index (χ0n) is 16.6. The largest absolute Gasteiger partial charge is 0.497 e. The highest BCUT2D eigenvalue weighted by Crippen LogP contribution is 2.31. The SMILES string of the molecule is COC(=O)c1ccn(C)c1C(Nc1cc(Cl)c(=O)n(C)c1)c1ccc(OC)cc1. The molecule has 8 heteroatoms. The molecule has 1 atom stereocenters. The maximum atomic E-state index is 12.3. The molecule has 0 fully saturated rings. The van der Waals surface area contributed by atoms with Gasteiger partial charge in [-0.15, -0.1) is 0 Å². The predicted octanol–water partition coefficient (Wildman–Crippen LogP) is 3.37. The summed E-state index contributed by atoms with van der Waals surface area (Å²) < 4.78 is 13.5. The van der Waals surface area contributed by atoms with Crippen LogP contribution in [0.25, 0.3) is 0 Å². The van der Waals surface area contributed by atoms with Gasteiger partial charge in [0, 0.05) is 26.5 Å². The van der Waals surface area contributed by atoms with E-state index in [0.29, 0.717) is 16.9 Å². The quantitative estimate of drug-likeness (QED) is 0.625. The van der Waals surface area contributed by atoms with Crippen LogP contribution >= 0.6 is 11.6 Å². The first-order valence-corrected chi connectivity index (χ1v) is 9.23. The zero-order chi connectivity index (χ0) is 21.1. The third-order valence-corrected chi connectivity index (χ3v) is 4.97. The Balaban J connectivity index is 2.14. The van der Waals surface area contributed by atoms with Crippen LogP contribution in [0.3, 0.4) is 0 Å². The number of aryl methyl sites for hydroxylation is 2. The Kier molecular flexibility index (Phi) is 5.98. The Morgan fingerprint density at radius 1 is 1.10 bits per heavy atom. The van der Waals surface area contributed by atoms with Crippen molar-refractivity contribution in [2.75, 3.05) is 19.5 Å². The Labute approximate surface area is 173 Å². The molecule has 3 rings (SSSR count). The van der Waals surface area contributed by atoms with Gasteiger partial charge in [-0.3, -0.25) is 4.79 Å². The fourth-order valence-corrected chi connectivity index (χ4v) is 3.46. The molecule has 0 aliphatic carbocycles. The number of pyridine rings is 1. The molecule has 7 nitrogen and oxygen atoms in total. The number of nitrogens with zero attached hydrogens (tertiary/aromatic N) is 2. The first-order valence-electron chi connectivity index (χ1n) is 8.86. The van der Waals surface area contributed by atoms with E-state index in [4.69, 9.17) is 21.1 Å². The minimum absolute atomic E-state index is 0.103. The van der Waals surface area contributed by atoms with E-state index in [1.807, 2.05) is 35.9 Å². The molecule has 0 amide bonds. The predicted molar refractivity (Wildman–Crippen MR) is 112 cm³/mol. The molecule has 0 aliphatic rings. The van der Waals surface area contributed by atoms with Crippen molar-refractivity contribution in [2.45, 2.75) is 6.04 Å².